The number of fused-ring (bicyclic) bond motifs is 1. The molecule has 0 unspecified atom stereocenters. The zero-order valence-corrected chi connectivity index (χ0v) is 11.0. The summed E-state index contributed by atoms with van der Waals surface area (Å²) in [6.45, 7) is 3.35. The molecule has 2 aromatic carbocycles. The topological polar surface area (TPSA) is 35.2 Å². The molecular formula is C16H21NO. The third kappa shape index (κ3) is 2.82. The van der Waals surface area contributed by atoms with E-state index in [0.717, 1.165) is 12.2 Å². The van der Waals surface area contributed by atoms with E-state index in [1.54, 1.807) is 0 Å². The van der Waals surface area contributed by atoms with Gasteiger partial charge in [0.25, 0.3) is 0 Å². The van der Waals surface area contributed by atoms with Gasteiger partial charge in [-0.15, -0.1) is 0 Å². The van der Waals surface area contributed by atoms with Crippen molar-refractivity contribution in [3.05, 3.63) is 42.0 Å². The quantitative estimate of drug-likeness (QED) is 0.842. The van der Waals surface area contributed by atoms with Crippen LogP contribution in [0.4, 0.5) is 0 Å². The number of ether oxygens (including phenoxy) is 1. The predicted molar refractivity (Wildman–Crippen MR) is 77.1 cm³/mol. The summed E-state index contributed by atoms with van der Waals surface area (Å²) in [7, 11) is 0. The molecule has 0 spiro atoms. The summed E-state index contributed by atoms with van der Waals surface area (Å²) in [5.41, 5.74) is 6.84. The van der Waals surface area contributed by atoms with E-state index in [-0.39, 0.29) is 0 Å². The number of unbranched alkanes of at least 4 members (excludes halogenated alkanes) is 1. The van der Waals surface area contributed by atoms with Crippen molar-refractivity contribution in [2.45, 2.75) is 26.2 Å². The van der Waals surface area contributed by atoms with Gasteiger partial charge in [0.1, 0.15) is 12.4 Å². The number of hydrogen-bond donors (Lipinski definition) is 1. The molecule has 0 saturated heterocycles. The zero-order chi connectivity index (χ0) is 12.8. The Morgan fingerprint density at radius 1 is 1.11 bits per heavy atom. The minimum Gasteiger partial charge on any atom is -0.492 e. The third-order valence-corrected chi connectivity index (χ3v) is 3.15. The van der Waals surface area contributed by atoms with E-state index in [4.69, 9.17) is 10.5 Å². The van der Waals surface area contributed by atoms with E-state index in [1.807, 2.05) is 0 Å². The predicted octanol–water partition coefficient (Wildman–Crippen LogP) is 3.52. The van der Waals surface area contributed by atoms with Crippen molar-refractivity contribution in [3.8, 4) is 5.75 Å². The maximum Gasteiger partial charge on any atom is 0.123 e. The second-order valence-corrected chi connectivity index (χ2v) is 4.50. The van der Waals surface area contributed by atoms with Crippen molar-refractivity contribution in [1.82, 2.24) is 0 Å². The van der Waals surface area contributed by atoms with Crippen LogP contribution in [-0.4, -0.2) is 13.2 Å². The molecule has 0 aromatic heterocycles. The van der Waals surface area contributed by atoms with Crippen LogP contribution in [0.1, 0.15) is 25.3 Å². The number of rotatable bonds is 6. The Morgan fingerprint density at radius 3 is 2.72 bits per heavy atom. The lowest BCUT2D eigenvalue weighted by Gasteiger charge is -2.13. The van der Waals surface area contributed by atoms with Crippen LogP contribution in [0.5, 0.6) is 5.75 Å². The van der Waals surface area contributed by atoms with Crippen LogP contribution < -0.4 is 10.5 Å². The lowest BCUT2D eigenvalue weighted by atomic mass is 9.99. The van der Waals surface area contributed by atoms with Crippen molar-refractivity contribution >= 4 is 10.8 Å². The summed E-state index contributed by atoms with van der Waals surface area (Å²) in [6, 6.07) is 12.7. The van der Waals surface area contributed by atoms with Crippen LogP contribution in [0.3, 0.4) is 0 Å². The molecule has 2 N–H and O–H groups in total. The van der Waals surface area contributed by atoms with Gasteiger partial charge in [-0.05, 0) is 29.7 Å². The summed E-state index contributed by atoms with van der Waals surface area (Å²) in [5.74, 6) is 0.993. The molecule has 0 aliphatic carbocycles. The normalized spacial score (nSPS) is 10.8. The summed E-state index contributed by atoms with van der Waals surface area (Å²) >= 11 is 0. The van der Waals surface area contributed by atoms with Crippen molar-refractivity contribution in [3.63, 3.8) is 0 Å². The first kappa shape index (κ1) is 12.9. The minimum atomic E-state index is 0.556. The van der Waals surface area contributed by atoms with Gasteiger partial charge in [0, 0.05) is 12.1 Å². The molecule has 0 fully saturated rings. The molecule has 96 valence electrons. The highest BCUT2D eigenvalue weighted by molar-refractivity contribution is 5.87. The van der Waals surface area contributed by atoms with Crippen molar-refractivity contribution < 1.29 is 4.74 Å². The largest absolute Gasteiger partial charge is 0.492 e. The molecule has 2 aromatic rings. The Labute approximate surface area is 109 Å². The monoisotopic (exact) mass is 243 g/mol. The van der Waals surface area contributed by atoms with Gasteiger partial charge in [-0.2, -0.15) is 0 Å². The van der Waals surface area contributed by atoms with Crippen molar-refractivity contribution in [1.29, 1.82) is 0 Å². The number of hydrogen-bond acceptors (Lipinski definition) is 2. The average Bonchev–Trinajstić information content (AvgIpc) is 2.43. The summed E-state index contributed by atoms with van der Waals surface area (Å²) in [4.78, 5) is 0. The molecule has 0 aliphatic rings. The van der Waals surface area contributed by atoms with Crippen LogP contribution >= 0.6 is 0 Å². The van der Waals surface area contributed by atoms with Crippen LogP contribution in [0, 0.1) is 0 Å². The summed E-state index contributed by atoms with van der Waals surface area (Å²) in [6.07, 6.45) is 3.45. The number of aryl methyl sites for hydroxylation is 1. The van der Waals surface area contributed by atoms with E-state index >= 15 is 0 Å². The van der Waals surface area contributed by atoms with E-state index in [2.05, 4.69) is 43.3 Å². The van der Waals surface area contributed by atoms with E-state index in [1.165, 1.54) is 29.2 Å². The van der Waals surface area contributed by atoms with Gasteiger partial charge in [-0.25, -0.2) is 0 Å². The third-order valence-electron chi connectivity index (χ3n) is 3.15. The maximum absolute atomic E-state index is 5.77. The first-order valence-corrected chi connectivity index (χ1v) is 6.70. The minimum absolute atomic E-state index is 0.556. The maximum atomic E-state index is 5.77. The molecule has 0 saturated carbocycles. The molecule has 2 nitrogen and oxygen atoms in total. The van der Waals surface area contributed by atoms with Crippen molar-refractivity contribution in [2.24, 2.45) is 5.73 Å². The highest BCUT2D eigenvalue weighted by Crippen LogP contribution is 2.29. The van der Waals surface area contributed by atoms with Crippen molar-refractivity contribution in [2.75, 3.05) is 13.2 Å². The molecule has 0 heterocycles. The van der Waals surface area contributed by atoms with Gasteiger partial charge in [-0.1, -0.05) is 43.7 Å². The molecule has 0 amide bonds. The Morgan fingerprint density at radius 2 is 1.94 bits per heavy atom. The molecule has 0 bridgehead atoms. The number of nitrogens with two attached hydrogens (primary N) is 1. The first-order valence-electron chi connectivity index (χ1n) is 6.70. The lowest BCUT2D eigenvalue weighted by molar-refractivity contribution is 0.325. The highest BCUT2D eigenvalue weighted by atomic mass is 16.5. The fourth-order valence-corrected chi connectivity index (χ4v) is 2.23. The van der Waals surface area contributed by atoms with E-state index in [0.29, 0.717) is 13.2 Å². The zero-order valence-electron chi connectivity index (χ0n) is 11.0. The SMILES string of the molecule is CCCCc1c(OCCN)ccc2ccccc12. The Kier molecular flexibility index (Phi) is 4.59. The fourth-order valence-electron chi connectivity index (χ4n) is 2.23. The number of benzene rings is 2. The highest BCUT2D eigenvalue weighted by Gasteiger charge is 2.08. The van der Waals surface area contributed by atoms with Crippen LogP contribution in [0.2, 0.25) is 0 Å². The Bertz CT molecular complexity index is 507. The average molecular weight is 243 g/mol. The molecule has 2 rings (SSSR count). The van der Waals surface area contributed by atoms with Gasteiger partial charge < -0.3 is 10.5 Å². The molecule has 18 heavy (non-hydrogen) atoms. The molecule has 0 aliphatic heterocycles. The van der Waals surface area contributed by atoms with Gasteiger partial charge in [0.2, 0.25) is 0 Å². The summed E-state index contributed by atoms with van der Waals surface area (Å²) < 4.78 is 5.77. The molecule has 2 heteroatoms. The summed E-state index contributed by atoms with van der Waals surface area (Å²) in [5, 5.41) is 2.59. The first-order chi connectivity index (χ1) is 8.86. The second-order valence-electron chi connectivity index (χ2n) is 4.50. The smallest absolute Gasteiger partial charge is 0.123 e. The molecule has 0 atom stereocenters. The van der Waals surface area contributed by atoms with Gasteiger partial charge in [-0.3, -0.25) is 0 Å². The van der Waals surface area contributed by atoms with Crippen LogP contribution in [-0.2, 0) is 6.42 Å². The van der Waals surface area contributed by atoms with Gasteiger partial charge >= 0.3 is 0 Å². The van der Waals surface area contributed by atoms with E-state index < -0.39 is 0 Å². The molecule has 0 radical (unpaired) electrons. The van der Waals surface area contributed by atoms with Crippen LogP contribution in [0.25, 0.3) is 10.8 Å². The van der Waals surface area contributed by atoms with Gasteiger partial charge in [0.05, 0.1) is 0 Å². The lowest BCUT2D eigenvalue weighted by Crippen LogP contribution is -2.11. The van der Waals surface area contributed by atoms with E-state index in [9.17, 15) is 0 Å². The Balaban J connectivity index is 2.41. The standard InChI is InChI=1S/C16H21NO/c1-2-3-7-15-14-8-5-4-6-13(14)9-10-16(15)18-12-11-17/h4-6,8-10H,2-3,7,11-12,17H2,1H3. The Hall–Kier alpha value is -1.54. The van der Waals surface area contributed by atoms with Crippen LogP contribution in [0.15, 0.2) is 36.4 Å². The fraction of sp³-hybridized carbons (Fsp3) is 0.375. The molecular weight excluding hydrogens is 222 g/mol. The van der Waals surface area contributed by atoms with Gasteiger partial charge in [0.15, 0.2) is 0 Å². The second kappa shape index (κ2) is 6.41.